The maximum Gasteiger partial charge on any atom is 0.299 e. The van der Waals surface area contributed by atoms with Crippen molar-refractivity contribution < 1.29 is 53.2 Å². The number of hydrogen-bond acceptors (Lipinski definition) is 20. The molecule has 0 radical (unpaired) electrons. The Morgan fingerprint density at radius 1 is 0.420 bits per heavy atom. The third kappa shape index (κ3) is 14.1. The average Bonchev–Trinajstić information content (AvgIpc) is 1.61. The minimum Gasteiger partial charge on any atom is -0.508 e. The summed E-state index contributed by atoms with van der Waals surface area (Å²) in [4.78, 5) is 76.7. The van der Waals surface area contributed by atoms with Crippen LogP contribution in [0.4, 0.5) is 5.82 Å². The zero-order valence-corrected chi connectivity index (χ0v) is 58.4. The van der Waals surface area contributed by atoms with E-state index >= 15 is 0 Å². The first-order valence-corrected chi connectivity index (χ1v) is 35.3. The van der Waals surface area contributed by atoms with Crippen LogP contribution in [-0.4, -0.2) is 60.6 Å². The molecule has 0 atom stereocenters. The smallest absolute Gasteiger partial charge is 0.299 e. The Kier molecular flexibility index (Phi) is 19.1. The molecule has 6 aromatic heterocycles. The average molecular weight is 1410 g/mol. The highest BCUT2D eigenvalue weighted by Gasteiger charge is 2.26. The second kappa shape index (κ2) is 28.5. The van der Waals surface area contributed by atoms with Crippen LogP contribution in [0.2, 0.25) is 0 Å². The molecule has 20 heteroatoms. The lowest BCUT2D eigenvalue weighted by Gasteiger charge is -2.09. The van der Waals surface area contributed by atoms with Crippen molar-refractivity contribution in [3.05, 3.63) is 264 Å². The van der Waals surface area contributed by atoms with Crippen LogP contribution in [-0.2, 0) is 9.59 Å². The molecule has 100 heavy (non-hydrogen) atoms. The summed E-state index contributed by atoms with van der Waals surface area (Å²) >= 11 is 7.06. The second-order valence-corrected chi connectivity index (χ2v) is 28.6. The van der Waals surface area contributed by atoms with Crippen molar-refractivity contribution >= 4 is 123 Å². The van der Waals surface area contributed by atoms with Gasteiger partial charge < -0.3 is 34.9 Å². The van der Waals surface area contributed by atoms with E-state index in [9.17, 15) is 39.3 Å². The predicted octanol–water partition coefficient (Wildman–Crippen LogP) is 19.9. The number of hydrogen-bond donors (Lipinski definition) is 4. The molecule has 15 aromatic rings. The highest BCUT2D eigenvalue weighted by atomic mass is 32.1. The van der Waals surface area contributed by atoms with E-state index < -0.39 is 0 Å². The largest absolute Gasteiger partial charge is 0.508 e. The minimum absolute atomic E-state index is 0.00466. The Morgan fingerprint density at radius 3 is 1.24 bits per heavy atom. The van der Waals surface area contributed by atoms with Crippen molar-refractivity contribution in [1.82, 2.24) is 15.0 Å². The number of anilines is 1. The summed E-state index contributed by atoms with van der Waals surface area (Å²) in [6.07, 6.45) is 1.26. The summed E-state index contributed by atoms with van der Waals surface area (Å²) in [7, 11) is 0. The Bertz CT molecular complexity index is 5400. The number of fused-ring (bicyclic) bond motifs is 3. The predicted molar refractivity (Wildman–Crippen MR) is 400 cm³/mol. The number of thiophene rings is 3. The number of benzene rings is 9. The van der Waals surface area contributed by atoms with Crippen LogP contribution in [0.5, 0.6) is 29.0 Å². The number of phenolic OH excluding ortho intramolecular Hbond substituents is 3. The lowest BCUT2D eigenvalue weighted by atomic mass is 9.95. The Morgan fingerprint density at radius 2 is 0.820 bits per heavy atom. The lowest BCUT2D eigenvalue weighted by Crippen LogP contribution is -2.03. The number of aromatic hydroxyl groups is 3. The summed E-state index contributed by atoms with van der Waals surface area (Å²) < 4.78 is 17.5. The third-order valence-electron chi connectivity index (χ3n) is 16.3. The number of phenols is 3. The highest BCUT2D eigenvalue weighted by molar-refractivity contribution is 7.22. The van der Waals surface area contributed by atoms with Crippen molar-refractivity contribution in [2.24, 2.45) is 0 Å². The molecule has 0 saturated carbocycles. The van der Waals surface area contributed by atoms with E-state index in [1.807, 2.05) is 193 Å². The van der Waals surface area contributed by atoms with Gasteiger partial charge in [0.05, 0.1) is 20.0 Å². The fourth-order valence-corrected chi connectivity index (χ4v) is 17.1. The van der Waals surface area contributed by atoms with Gasteiger partial charge in [0.25, 0.3) is 18.8 Å². The summed E-state index contributed by atoms with van der Waals surface area (Å²) in [6, 6.07) is 56.5. The molecule has 15 rings (SSSR count). The standard InChI is InChI=1S/C27H19NO5S.C27H19NO4S2.C26H20N2O2S2/c1-15-9-16(2)11-19(10-15)25(31)26-24(21-8-7-20(30)12-22(21)34-26)17-3-5-18(6-4-17)27-28-23(13-32-27)33-14-29;1-15-9-16(2)11-19(10-15)25(31)26-24(21-8-7-20(30)12-22(21)34-26)17-3-5-18(6-4-17)27-28-23(13-33-27)32-14-29;1-14-3-9-19(15(2)11-14)24(30)25-23(20-10-8-18(29)12-21(20)32-25)16-4-6-17(7-5-16)26-28-22(27)13-31-26/h2*3-14,30H,1-2H3;3-13,29H,27H2,1-2H3. The highest BCUT2D eigenvalue weighted by Crippen LogP contribution is 2.46. The summed E-state index contributed by atoms with van der Waals surface area (Å²) in [5, 5.41) is 37.9. The molecule has 0 aliphatic heterocycles. The van der Waals surface area contributed by atoms with Gasteiger partial charge in [0.1, 0.15) is 33.1 Å². The van der Waals surface area contributed by atoms with E-state index in [4.69, 9.17) is 19.6 Å². The molecule has 494 valence electrons. The monoisotopic (exact) mass is 1410 g/mol. The van der Waals surface area contributed by atoms with Crippen LogP contribution >= 0.6 is 56.7 Å². The minimum atomic E-state index is -0.0603. The third-order valence-corrected chi connectivity index (χ3v) is 21.6. The summed E-state index contributed by atoms with van der Waals surface area (Å²) in [5.74, 6) is 1.58. The van der Waals surface area contributed by atoms with Crippen molar-refractivity contribution in [2.45, 2.75) is 41.5 Å². The van der Waals surface area contributed by atoms with E-state index in [0.29, 0.717) is 61.5 Å². The topological polar surface area (TPSA) is 242 Å². The Labute approximate surface area is 593 Å². The van der Waals surface area contributed by atoms with Gasteiger partial charge >= 0.3 is 0 Å². The van der Waals surface area contributed by atoms with Gasteiger partial charge in [-0.25, -0.2) is 9.97 Å². The number of rotatable bonds is 16. The first-order chi connectivity index (χ1) is 48.2. The fourth-order valence-electron chi connectivity index (χ4n) is 12.0. The van der Waals surface area contributed by atoms with Gasteiger partial charge in [0.15, 0.2) is 6.26 Å². The summed E-state index contributed by atoms with van der Waals surface area (Å²) in [6.45, 7) is 12.5. The van der Waals surface area contributed by atoms with E-state index in [-0.39, 0.29) is 46.4 Å². The van der Waals surface area contributed by atoms with Gasteiger partial charge in [0, 0.05) is 85.7 Å². The van der Waals surface area contributed by atoms with Crippen LogP contribution in [0.1, 0.15) is 79.1 Å². The Balaban J connectivity index is 0.000000134. The number of nitrogens with zero attached hydrogens (tertiary/aromatic N) is 3. The van der Waals surface area contributed by atoms with E-state index in [1.54, 1.807) is 41.8 Å². The molecule has 0 saturated heterocycles. The molecule has 0 amide bonds. The maximum absolute atomic E-state index is 13.6. The second-order valence-electron chi connectivity index (χ2n) is 23.7. The number of nitrogens with two attached hydrogens (primary N) is 1. The van der Waals surface area contributed by atoms with Crippen molar-refractivity contribution in [3.63, 3.8) is 0 Å². The molecular formula is C80H58N4O11S5. The van der Waals surface area contributed by atoms with Crippen LogP contribution in [0, 0.1) is 41.5 Å². The van der Waals surface area contributed by atoms with Crippen molar-refractivity contribution in [2.75, 3.05) is 5.73 Å². The van der Waals surface area contributed by atoms with Crippen molar-refractivity contribution in [1.29, 1.82) is 0 Å². The molecule has 5 N–H and O–H groups in total. The SMILES string of the molecule is Cc1cc(C)cc(C(=O)c2sc3cc(O)ccc3c2-c2ccc(-c3nc(OC=O)co3)cc2)c1.Cc1cc(C)cc(C(=O)c2sc3cc(O)ccc3c2-c2ccc(-c3nc(OC=O)cs3)cc2)c1.Cc1ccc(C(=O)c2sc3cc(O)ccc3c2-c2ccc(-c3nc(N)cs3)cc2)c(C)c1. The molecule has 6 heterocycles. The normalized spacial score (nSPS) is 11.1. The van der Waals surface area contributed by atoms with E-state index in [0.717, 1.165) is 118 Å². The number of oxazole rings is 1. The van der Waals surface area contributed by atoms with Crippen molar-refractivity contribution in [3.8, 4) is 95.0 Å². The first-order valence-electron chi connectivity index (χ1n) is 31.1. The number of carbonyl (C=O) groups excluding carboxylic acids is 5. The Hall–Kier alpha value is -11.5. The zero-order valence-electron chi connectivity index (χ0n) is 54.3. The number of ketones is 3. The number of aryl methyl sites for hydroxylation is 6. The number of nitrogen functional groups attached to an aromatic ring is 1. The first kappa shape index (κ1) is 67.1. The van der Waals surface area contributed by atoms with Crippen LogP contribution in [0.3, 0.4) is 0 Å². The molecule has 0 bridgehead atoms. The van der Waals surface area contributed by atoms with Gasteiger partial charge in [-0.2, -0.15) is 4.98 Å². The summed E-state index contributed by atoms with van der Waals surface area (Å²) in [5.41, 5.74) is 21.8. The van der Waals surface area contributed by atoms with Gasteiger partial charge in [-0.05, 0) is 155 Å². The zero-order chi connectivity index (χ0) is 70.0. The molecule has 0 spiro atoms. The fraction of sp³-hybridized carbons (Fsp3) is 0.0750. The molecule has 9 aromatic carbocycles. The van der Waals surface area contributed by atoms with Gasteiger partial charge in [-0.15, -0.1) is 56.7 Å². The molecule has 0 aliphatic carbocycles. The number of carbonyl (C=O) groups is 5. The number of ether oxygens (including phenoxy) is 2. The van der Waals surface area contributed by atoms with Gasteiger partial charge in [0.2, 0.25) is 29.1 Å². The molecule has 0 fully saturated rings. The molecular weight excluding hydrogens is 1350 g/mol. The maximum atomic E-state index is 13.6. The van der Waals surface area contributed by atoms with Crippen LogP contribution < -0.4 is 15.2 Å². The van der Waals surface area contributed by atoms with Crippen LogP contribution in [0.15, 0.2) is 203 Å². The molecule has 0 unspecified atom stereocenters. The quantitative estimate of drug-likeness (QED) is 0.0519. The van der Waals surface area contributed by atoms with E-state index in [1.165, 1.54) is 62.9 Å². The van der Waals surface area contributed by atoms with Gasteiger partial charge in [-0.3, -0.25) is 24.0 Å². The molecule has 15 nitrogen and oxygen atoms in total. The lowest BCUT2D eigenvalue weighted by molar-refractivity contribution is -0.121. The van der Waals surface area contributed by atoms with Gasteiger partial charge in [-0.1, -0.05) is 119 Å². The van der Waals surface area contributed by atoms with E-state index in [2.05, 4.69) is 15.0 Å². The molecule has 0 aliphatic rings. The number of thiazole rings is 2. The number of aromatic nitrogens is 3. The van der Waals surface area contributed by atoms with Crippen LogP contribution in [0.25, 0.3) is 96.2 Å².